The Morgan fingerprint density at radius 1 is 1.38 bits per heavy atom. The standard InChI is InChI=1S/C14H19FN4O5/c1-8-10(20)11(21)13(24-8)19-6-9(15)12(17-14(19)22)16-7-18-2-4-23-5-3-18/h6-8,10-11,13,20-21H,2-5H2,1H3/t8-,10-,11-,13-/m1/s1. The fourth-order valence-electron chi connectivity index (χ4n) is 2.60. The lowest BCUT2D eigenvalue weighted by Gasteiger charge is -2.24. The molecule has 3 rings (SSSR count). The molecule has 3 heterocycles. The minimum absolute atomic E-state index is 0.344. The van der Waals surface area contributed by atoms with Crippen LogP contribution in [0.3, 0.4) is 0 Å². The number of aliphatic hydroxyl groups excluding tert-OH is 2. The zero-order chi connectivity index (χ0) is 17.3. The lowest BCUT2D eigenvalue weighted by atomic mass is 10.1. The van der Waals surface area contributed by atoms with E-state index in [1.54, 1.807) is 6.92 Å². The number of halogens is 1. The zero-order valence-corrected chi connectivity index (χ0v) is 13.1. The van der Waals surface area contributed by atoms with E-state index in [4.69, 9.17) is 9.47 Å². The number of morpholine rings is 1. The minimum Gasteiger partial charge on any atom is -0.388 e. The average Bonchev–Trinajstić information content (AvgIpc) is 2.83. The highest BCUT2D eigenvalue weighted by atomic mass is 19.1. The molecule has 4 atom stereocenters. The third-order valence-corrected chi connectivity index (χ3v) is 4.03. The summed E-state index contributed by atoms with van der Waals surface area (Å²) in [5, 5.41) is 19.6. The summed E-state index contributed by atoms with van der Waals surface area (Å²) in [4.78, 5) is 21.4. The maximum atomic E-state index is 14.2. The van der Waals surface area contributed by atoms with E-state index in [0.29, 0.717) is 26.3 Å². The molecule has 0 amide bonds. The molecule has 1 aromatic heterocycles. The lowest BCUT2D eigenvalue weighted by molar-refractivity contribution is -0.0355. The van der Waals surface area contributed by atoms with Gasteiger partial charge < -0.3 is 24.6 Å². The van der Waals surface area contributed by atoms with Crippen LogP contribution in [0.5, 0.6) is 0 Å². The number of aromatic nitrogens is 2. The van der Waals surface area contributed by atoms with Gasteiger partial charge >= 0.3 is 5.69 Å². The Kier molecular flexibility index (Phi) is 4.90. The van der Waals surface area contributed by atoms with Crippen LogP contribution in [0.15, 0.2) is 16.0 Å². The van der Waals surface area contributed by atoms with E-state index >= 15 is 0 Å². The average molecular weight is 342 g/mol. The predicted octanol–water partition coefficient (Wildman–Crippen LogP) is -0.986. The van der Waals surface area contributed by atoms with Crippen molar-refractivity contribution in [2.75, 3.05) is 26.3 Å². The van der Waals surface area contributed by atoms with Gasteiger partial charge in [0.05, 0.1) is 31.9 Å². The van der Waals surface area contributed by atoms with E-state index < -0.39 is 36.0 Å². The van der Waals surface area contributed by atoms with Crippen molar-refractivity contribution in [3.63, 3.8) is 0 Å². The first-order valence-corrected chi connectivity index (χ1v) is 7.63. The van der Waals surface area contributed by atoms with Crippen molar-refractivity contribution in [3.8, 4) is 0 Å². The molecular formula is C14H19FN4O5. The highest BCUT2D eigenvalue weighted by Gasteiger charge is 2.42. The van der Waals surface area contributed by atoms with E-state index in [2.05, 4.69) is 9.98 Å². The first-order valence-electron chi connectivity index (χ1n) is 7.63. The molecule has 1 aromatic rings. The maximum Gasteiger partial charge on any atom is 0.352 e. The molecule has 2 aliphatic rings. The Labute approximate surface area is 137 Å². The third kappa shape index (κ3) is 3.31. The largest absolute Gasteiger partial charge is 0.388 e. The lowest BCUT2D eigenvalue weighted by Crippen LogP contribution is -2.36. The number of nitrogens with zero attached hydrogens (tertiary/aromatic N) is 4. The molecule has 132 valence electrons. The Hall–Kier alpha value is -1.88. The van der Waals surface area contributed by atoms with Gasteiger partial charge in [0, 0.05) is 13.1 Å². The van der Waals surface area contributed by atoms with Crippen molar-refractivity contribution >= 4 is 12.2 Å². The predicted molar refractivity (Wildman–Crippen MR) is 80.6 cm³/mol. The molecule has 0 unspecified atom stereocenters. The normalized spacial score (nSPS) is 31.1. The van der Waals surface area contributed by atoms with Gasteiger partial charge in [0.15, 0.2) is 17.9 Å². The molecule has 0 spiro atoms. The van der Waals surface area contributed by atoms with Crippen LogP contribution in [0.25, 0.3) is 0 Å². The molecule has 2 N–H and O–H groups in total. The summed E-state index contributed by atoms with van der Waals surface area (Å²) < 4.78 is 25.5. The van der Waals surface area contributed by atoms with Gasteiger partial charge in [-0.3, -0.25) is 4.57 Å². The van der Waals surface area contributed by atoms with Gasteiger partial charge in [-0.1, -0.05) is 0 Å². The van der Waals surface area contributed by atoms with Crippen molar-refractivity contribution in [1.82, 2.24) is 14.5 Å². The zero-order valence-electron chi connectivity index (χ0n) is 13.1. The van der Waals surface area contributed by atoms with Gasteiger partial charge in [0.25, 0.3) is 0 Å². The van der Waals surface area contributed by atoms with E-state index in [0.717, 1.165) is 10.8 Å². The molecule has 24 heavy (non-hydrogen) atoms. The van der Waals surface area contributed by atoms with Crippen LogP contribution in [-0.4, -0.2) is 75.6 Å². The van der Waals surface area contributed by atoms with Crippen LogP contribution >= 0.6 is 0 Å². The summed E-state index contributed by atoms with van der Waals surface area (Å²) in [6.45, 7) is 3.91. The second kappa shape index (κ2) is 6.93. The summed E-state index contributed by atoms with van der Waals surface area (Å²) in [6.07, 6.45) is -2.09. The number of ether oxygens (including phenoxy) is 2. The number of aliphatic imine (C=N–C) groups is 1. The van der Waals surface area contributed by atoms with Crippen molar-refractivity contribution in [1.29, 1.82) is 0 Å². The Bertz CT molecular complexity index is 676. The molecule has 2 aliphatic heterocycles. The molecule has 9 nitrogen and oxygen atoms in total. The van der Waals surface area contributed by atoms with Crippen LogP contribution in [0.1, 0.15) is 13.2 Å². The summed E-state index contributed by atoms with van der Waals surface area (Å²) >= 11 is 0. The van der Waals surface area contributed by atoms with Gasteiger partial charge in [-0.15, -0.1) is 0 Å². The fourth-order valence-corrected chi connectivity index (χ4v) is 2.60. The van der Waals surface area contributed by atoms with E-state index in [-0.39, 0.29) is 5.82 Å². The van der Waals surface area contributed by atoms with E-state index in [1.807, 2.05) is 4.90 Å². The second-order valence-corrected chi connectivity index (χ2v) is 5.71. The van der Waals surface area contributed by atoms with Crippen molar-refractivity contribution in [3.05, 3.63) is 22.5 Å². The van der Waals surface area contributed by atoms with Crippen LogP contribution in [-0.2, 0) is 9.47 Å². The number of hydrogen-bond donors (Lipinski definition) is 2. The highest BCUT2D eigenvalue weighted by Crippen LogP contribution is 2.28. The quantitative estimate of drug-likeness (QED) is 0.536. The topological polar surface area (TPSA) is 109 Å². The molecule has 2 saturated heterocycles. The van der Waals surface area contributed by atoms with Crippen molar-refractivity contribution in [2.45, 2.75) is 31.5 Å². The molecule has 2 fully saturated rings. The maximum absolute atomic E-state index is 14.2. The van der Waals surface area contributed by atoms with Gasteiger partial charge in [0.2, 0.25) is 0 Å². The second-order valence-electron chi connectivity index (χ2n) is 5.71. The van der Waals surface area contributed by atoms with Crippen LogP contribution in [0, 0.1) is 5.82 Å². The van der Waals surface area contributed by atoms with Gasteiger partial charge in [-0.2, -0.15) is 4.98 Å². The van der Waals surface area contributed by atoms with Crippen LogP contribution < -0.4 is 5.69 Å². The van der Waals surface area contributed by atoms with E-state index in [1.165, 1.54) is 6.34 Å². The molecule has 0 saturated carbocycles. The van der Waals surface area contributed by atoms with E-state index in [9.17, 15) is 19.4 Å². The van der Waals surface area contributed by atoms with Crippen molar-refractivity contribution < 1.29 is 24.1 Å². The SMILES string of the molecule is C[C@H]1O[C@@H](n2cc(F)c(N=CN3CCOCC3)nc2=O)[C@H](O)[C@@H]1O. The van der Waals surface area contributed by atoms with Crippen LogP contribution in [0.4, 0.5) is 10.2 Å². The number of aliphatic hydroxyl groups is 2. The molecule has 10 heteroatoms. The Morgan fingerprint density at radius 3 is 2.71 bits per heavy atom. The minimum atomic E-state index is -1.35. The summed E-state index contributed by atoms with van der Waals surface area (Å²) in [7, 11) is 0. The molecule has 0 bridgehead atoms. The monoisotopic (exact) mass is 342 g/mol. The first-order chi connectivity index (χ1) is 11.5. The highest BCUT2D eigenvalue weighted by molar-refractivity contribution is 5.59. The number of rotatable bonds is 3. The molecule has 0 radical (unpaired) electrons. The summed E-state index contributed by atoms with van der Waals surface area (Å²) in [5.41, 5.74) is -0.823. The fraction of sp³-hybridized carbons (Fsp3) is 0.643. The Morgan fingerprint density at radius 2 is 2.08 bits per heavy atom. The smallest absolute Gasteiger partial charge is 0.352 e. The van der Waals surface area contributed by atoms with Gasteiger partial charge in [0.1, 0.15) is 12.2 Å². The number of hydrogen-bond acceptors (Lipinski definition) is 7. The van der Waals surface area contributed by atoms with Crippen LogP contribution in [0.2, 0.25) is 0 Å². The summed E-state index contributed by atoms with van der Waals surface area (Å²) in [5.74, 6) is -1.17. The summed E-state index contributed by atoms with van der Waals surface area (Å²) in [6, 6.07) is 0. The third-order valence-electron chi connectivity index (χ3n) is 4.03. The van der Waals surface area contributed by atoms with Gasteiger partial charge in [-0.05, 0) is 6.92 Å². The van der Waals surface area contributed by atoms with Gasteiger partial charge in [-0.25, -0.2) is 14.2 Å². The molecule has 0 aromatic carbocycles. The van der Waals surface area contributed by atoms with Crippen molar-refractivity contribution in [2.24, 2.45) is 4.99 Å². The molecule has 0 aliphatic carbocycles. The first kappa shape index (κ1) is 17.0. The molecular weight excluding hydrogens is 323 g/mol. The Balaban J connectivity index is 1.81.